The Balaban J connectivity index is 1.83. The van der Waals surface area contributed by atoms with E-state index in [1.165, 1.54) is 22.2 Å². The molecule has 0 saturated carbocycles. The second kappa shape index (κ2) is 5.34. The van der Waals surface area contributed by atoms with E-state index < -0.39 is 0 Å². The molecule has 1 fully saturated rings. The van der Waals surface area contributed by atoms with E-state index in [2.05, 4.69) is 4.98 Å². The molecule has 0 aromatic carbocycles. The highest BCUT2D eigenvalue weighted by Crippen LogP contribution is 2.13. The third kappa shape index (κ3) is 2.34. The van der Waals surface area contributed by atoms with Gasteiger partial charge in [0, 0.05) is 6.54 Å². The van der Waals surface area contributed by atoms with E-state index >= 15 is 0 Å². The molecule has 1 atom stereocenters. The van der Waals surface area contributed by atoms with Crippen molar-refractivity contribution in [3.8, 4) is 0 Å². The zero-order chi connectivity index (χ0) is 14.1. The Labute approximate surface area is 119 Å². The van der Waals surface area contributed by atoms with Gasteiger partial charge in [0.2, 0.25) is 5.91 Å². The van der Waals surface area contributed by atoms with E-state index in [1.54, 1.807) is 11.0 Å². The van der Waals surface area contributed by atoms with Gasteiger partial charge in [-0.3, -0.25) is 14.2 Å². The molecular weight excluding hydrogens is 278 g/mol. The van der Waals surface area contributed by atoms with E-state index in [0.29, 0.717) is 30.0 Å². The van der Waals surface area contributed by atoms with Crippen molar-refractivity contribution in [3.05, 3.63) is 28.1 Å². The molecule has 7 heteroatoms. The molecule has 3 rings (SSSR count). The van der Waals surface area contributed by atoms with Crippen LogP contribution in [0.25, 0.3) is 10.2 Å². The van der Waals surface area contributed by atoms with Crippen LogP contribution in [0.2, 0.25) is 0 Å². The molecule has 20 heavy (non-hydrogen) atoms. The highest BCUT2D eigenvalue weighted by Gasteiger charge is 2.24. The number of fused-ring (bicyclic) bond motifs is 1. The Hall–Kier alpha value is -1.73. The monoisotopic (exact) mass is 293 g/mol. The van der Waals surface area contributed by atoms with Gasteiger partial charge in [0.25, 0.3) is 5.56 Å². The van der Waals surface area contributed by atoms with Gasteiger partial charge < -0.3 is 9.64 Å². The van der Waals surface area contributed by atoms with Gasteiger partial charge in [-0.25, -0.2) is 4.98 Å². The molecule has 1 aliphatic rings. The van der Waals surface area contributed by atoms with Crippen molar-refractivity contribution in [1.29, 1.82) is 0 Å². The molecule has 6 nitrogen and oxygen atoms in total. The van der Waals surface area contributed by atoms with Crippen molar-refractivity contribution in [2.75, 3.05) is 19.8 Å². The molecule has 0 unspecified atom stereocenters. The number of ether oxygens (including phenoxy) is 1. The molecule has 0 bridgehead atoms. The zero-order valence-corrected chi connectivity index (χ0v) is 11.9. The van der Waals surface area contributed by atoms with Crippen molar-refractivity contribution in [3.63, 3.8) is 0 Å². The van der Waals surface area contributed by atoms with Crippen molar-refractivity contribution in [1.82, 2.24) is 14.5 Å². The SMILES string of the molecule is C[C@@H]1COCCN1C(=O)Cn1cnc2sccc2c1=O. The summed E-state index contributed by atoms with van der Waals surface area (Å²) in [4.78, 5) is 31.2. The van der Waals surface area contributed by atoms with E-state index in [0.717, 1.165) is 0 Å². The number of thiophene rings is 1. The molecule has 106 valence electrons. The van der Waals surface area contributed by atoms with E-state index in [4.69, 9.17) is 4.74 Å². The largest absolute Gasteiger partial charge is 0.377 e. The highest BCUT2D eigenvalue weighted by molar-refractivity contribution is 7.16. The molecule has 1 aliphatic heterocycles. The molecule has 1 saturated heterocycles. The molecule has 0 spiro atoms. The summed E-state index contributed by atoms with van der Waals surface area (Å²) in [7, 11) is 0. The maximum absolute atomic E-state index is 12.3. The normalized spacial score (nSPS) is 19.4. The zero-order valence-electron chi connectivity index (χ0n) is 11.1. The van der Waals surface area contributed by atoms with Crippen LogP contribution < -0.4 is 5.56 Å². The second-order valence-corrected chi connectivity index (χ2v) is 5.72. The first kappa shape index (κ1) is 13.3. The lowest BCUT2D eigenvalue weighted by molar-refractivity contribution is -0.139. The molecule has 0 N–H and O–H groups in total. The van der Waals surface area contributed by atoms with E-state index in [9.17, 15) is 9.59 Å². The Morgan fingerprint density at radius 3 is 3.25 bits per heavy atom. The number of morpholine rings is 1. The van der Waals surface area contributed by atoms with Gasteiger partial charge in [0.15, 0.2) is 0 Å². The minimum atomic E-state index is -0.162. The van der Waals surface area contributed by atoms with Crippen LogP contribution in [-0.2, 0) is 16.1 Å². The van der Waals surface area contributed by atoms with Crippen LogP contribution in [-0.4, -0.2) is 46.2 Å². The number of hydrogen-bond donors (Lipinski definition) is 0. The van der Waals surface area contributed by atoms with Gasteiger partial charge in [-0.2, -0.15) is 0 Å². The summed E-state index contributed by atoms with van der Waals surface area (Å²) < 4.78 is 6.68. The van der Waals surface area contributed by atoms with Crippen molar-refractivity contribution in [2.45, 2.75) is 19.5 Å². The number of rotatable bonds is 2. The van der Waals surface area contributed by atoms with Crippen LogP contribution in [0, 0.1) is 0 Å². The number of aromatic nitrogens is 2. The Morgan fingerprint density at radius 1 is 1.60 bits per heavy atom. The van der Waals surface area contributed by atoms with Crippen molar-refractivity contribution >= 4 is 27.5 Å². The van der Waals surface area contributed by atoms with Crippen molar-refractivity contribution < 1.29 is 9.53 Å². The summed E-state index contributed by atoms with van der Waals surface area (Å²) in [5.74, 6) is -0.0701. The first-order chi connectivity index (χ1) is 9.66. The third-order valence-electron chi connectivity index (χ3n) is 3.44. The van der Waals surface area contributed by atoms with Gasteiger partial charge in [-0.05, 0) is 18.4 Å². The minimum absolute atomic E-state index is 0.0297. The Morgan fingerprint density at radius 2 is 2.45 bits per heavy atom. The third-order valence-corrected chi connectivity index (χ3v) is 4.26. The van der Waals surface area contributed by atoms with Crippen LogP contribution in [0.3, 0.4) is 0 Å². The smallest absolute Gasteiger partial charge is 0.262 e. The number of amides is 1. The van der Waals surface area contributed by atoms with E-state index in [-0.39, 0.29) is 24.1 Å². The molecule has 0 aliphatic carbocycles. The summed E-state index contributed by atoms with van der Waals surface area (Å²) in [6, 6.07) is 1.79. The lowest BCUT2D eigenvalue weighted by atomic mass is 10.2. The first-order valence-corrected chi connectivity index (χ1v) is 7.34. The highest BCUT2D eigenvalue weighted by atomic mass is 32.1. The summed E-state index contributed by atoms with van der Waals surface area (Å²) in [6.07, 6.45) is 1.45. The van der Waals surface area contributed by atoms with Crippen LogP contribution >= 0.6 is 11.3 Å². The van der Waals surface area contributed by atoms with Crippen LogP contribution in [0.1, 0.15) is 6.92 Å². The number of nitrogens with zero attached hydrogens (tertiary/aromatic N) is 3. The van der Waals surface area contributed by atoms with Crippen LogP contribution in [0.4, 0.5) is 0 Å². The standard InChI is InChI=1S/C13H15N3O3S/c1-9-7-19-4-3-16(9)11(17)6-15-8-14-12-10(13(15)18)2-5-20-12/h2,5,8-9H,3-4,6-7H2,1H3/t9-/m1/s1. The fourth-order valence-corrected chi connectivity index (χ4v) is 3.06. The topological polar surface area (TPSA) is 64.4 Å². The fraction of sp³-hybridized carbons (Fsp3) is 0.462. The Kier molecular flexibility index (Phi) is 3.54. The number of carbonyl (C=O) groups is 1. The first-order valence-electron chi connectivity index (χ1n) is 6.46. The molecule has 2 aromatic rings. The summed E-state index contributed by atoms with van der Waals surface area (Å²) in [5, 5.41) is 2.40. The maximum atomic E-state index is 12.3. The van der Waals surface area contributed by atoms with Crippen LogP contribution in [0.5, 0.6) is 0 Å². The van der Waals surface area contributed by atoms with Gasteiger partial charge in [0.1, 0.15) is 11.4 Å². The van der Waals surface area contributed by atoms with Gasteiger partial charge in [0.05, 0.1) is 31.0 Å². The predicted octanol–water partition coefficient (Wildman–Crippen LogP) is 0.705. The van der Waals surface area contributed by atoms with Gasteiger partial charge in [-0.1, -0.05) is 0 Å². The summed E-state index contributed by atoms with van der Waals surface area (Å²) in [6.45, 7) is 3.64. The molecule has 1 amide bonds. The fourth-order valence-electron chi connectivity index (χ4n) is 2.34. The lowest BCUT2D eigenvalue weighted by Gasteiger charge is -2.33. The predicted molar refractivity (Wildman–Crippen MR) is 75.9 cm³/mol. The quantitative estimate of drug-likeness (QED) is 0.818. The van der Waals surface area contributed by atoms with Gasteiger partial charge in [-0.15, -0.1) is 11.3 Å². The maximum Gasteiger partial charge on any atom is 0.262 e. The number of hydrogen-bond acceptors (Lipinski definition) is 5. The average molecular weight is 293 g/mol. The molecular formula is C13H15N3O3S. The van der Waals surface area contributed by atoms with Crippen molar-refractivity contribution in [2.24, 2.45) is 0 Å². The molecule has 0 radical (unpaired) electrons. The minimum Gasteiger partial charge on any atom is -0.377 e. The molecule has 3 heterocycles. The lowest BCUT2D eigenvalue weighted by Crippen LogP contribution is -2.48. The number of carbonyl (C=O) groups excluding carboxylic acids is 1. The Bertz CT molecular complexity index is 693. The molecule has 2 aromatic heterocycles. The average Bonchev–Trinajstić information content (AvgIpc) is 2.91. The summed E-state index contributed by atoms with van der Waals surface area (Å²) in [5.41, 5.74) is -0.162. The second-order valence-electron chi connectivity index (χ2n) is 4.83. The van der Waals surface area contributed by atoms with Gasteiger partial charge >= 0.3 is 0 Å². The van der Waals surface area contributed by atoms with E-state index in [1.807, 2.05) is 12.3 Å². The summed E-state index contributed by atoms with van der Waals surface area (Å²) >= 11 is 1.42. The van der Waals surface area contributed by atoms with Crippen LogP contribution in [0.15, 0.2) is 22.6 Å².